The third kappa shape index (κ3) is 6.25. The van der Waals surface area contributed by atoms with Gasteiger partial charge in [0.05, 0.1) is 19.8 Å². The molecule has 0 unspecified atom stereocenters. The Balaban J connectivity index is 1.81. The van der Waals surface area contributed by atoms with E-state index in [0.717, 1.165) is 39.3 Å². The normalized spacial score (nSPS) is 16.0. The molecule has 1 heterocycles. The second kappa shape index (κ2) is 10.00. The van der Waals surface area contributed by atoms with Gasteiger partial charge in [0.1, 0.15) is 5.82 Å². The van der Waals surface area contributed by atoms with E-state index in [1.165, 1.54) is 24.3 Å². The van der Waals surface area contributed by atoms with Gasteiger partial charge in [-0.25, -0.2) is 9.38 Å². The molecule has 1 fully saturated rings. The van der Waals surface area contributed by atoms with Gasteiger partial charge in [0, 0.05) is 31.7 Å². The third-order valence-corrected chi connectivity index (χ3v) is 3.60. The van der Waals surface area contributed by atoms with Crippen molar-refractivity contribution < 1.29 is 18.7 Å². The SMILES string of the molecule is CCOC(=NCCCN1CCOCC1)NC(=O)c1ccc(F)cc1. The van der Waals surface area contributed by atoms with Crippen molar-refractivity contribution in [2.75, 3.05) is 46.0 Å². The second-order valence-corrected chi connectivity index (χ2v) is 5.39. The number of benzene rings is 1. The summed E-state index contributed by atoms with van der Waals surface area (Å²) in [6, 6.07) is 5.54. The van der Waals surface area contributed by atoms with E-state index in [2.05, 4.69) is 15.2 Å². The number of rotatable bonds is 6. The highest BCUT2D eigenvalue weighted by atomic mass is 19.1. The number of ether oxygens (including phenoxy) is 2. The van der Waals surface area contributed by atoms with Crippen LogP contribution in [0.3, 0.4) is 0 Å². The minimum Gasteiger partial charge on any atom is -0.465 e. The smallest absolute Gasteiger partial charge is 0.291 e. The minimum absolute atomic E-state index is 0.203. The molecule has 1 aliphatic rings. The predicted molar refractivity (Wildman–Crippen MR) is 89.7 cm³/mol. The first-order chi connectivity index (χ1) is 11.7. The van der Waals surface area contributed by atoms with Crippen LogP contribution < -0.4 is 5.32 Å². The molecule has 6 nitrogen and oxygen atoms in total. The Morgan fingerprint density at radius 1 is 1.33 bits per heavy atom. The molecule has 24 heavy (non-hydrogen) atoms. The van der Waals surface area contributed by atoms with Crippen LogP contribution in [0.2, 0.25) is 0 Å². The van der Waals surface area contributed by atoms with Crippen LogP contribution in [0.5, 0.6) is 0 Å². The van der Waals surface area contributed by atoms with E-state index in [4.69, 9.17) is 9.47 Å². The molecule has 1 amide bonds. The molecule has 2 rings (SSSR count). The lowest BCUT2D eigenvalue weighted by atomic mass is 10.2. The highest BCUT2D eigenvalue weighted by Crippen LogP contribution is 2.03. The van der Waals surface area contributed by atoms with Crippen molar-refractivity contribution in [2.45, 2.75) is 13.3 Å². The summed E-state index contributed by atoms with van der Waals surface area (Å²) in [7, 11) is 0. The van der Waals surface area contributed by atoms with Crippen LogP contribution in [0.15, 0.2) is 29.3 Å². The lowest BCUT2D eigenvalue weighted by Gasteiger charge is -2.26. The van der Waals surface area contributed by atoms with Gasteiger partial charge in [0.25, 0.3) is 11.9 Å². The standard InChI is InChI=1S/C17H24FN3O3/c1-2-24-17(19-8-3-9-21-10-12-23-13-11-21)20-16(22)14-4-6-15(18)7-5-14/h4-7H,2-3,8-13H2,1H3,(H,19,20,22). The van der Waals surface area contributed by atoms with Crippen molar-refractivity contribution in [3.8, 4) is 0 Å². The van der Waals surface area contributed by atoms with E-state index in [1.807, 2.05) is 6.92 Å². The van der Waals surface area contributed by atoms with Crippen molar-refractivity contribution in [1.82, 2.24) is 10.2 Å². The number of carbonyl (C=O) groups is 1. The fourth-order valence-corrected chi connectivity index (χ4v) is 2.33. The Morgan fingerprint density at radius 3 is 2.71 bits per heavy atom. The van der Waals surface area contributed by atoms with E-state index < -0.39 is 0 Å². The van der Waals surface area contributed by atoms with Crippen LogP contribution in [-0.4, -0.2) is 62.8 Å². The van der Waals surface area contributed by atoms with Gasteiger partial charge in [-0.15, -0.1) is 0 Å². The average molecular weight is 337 g/mol. The highest BCUT2D eigenvalue weighted by molar-refractivity contribution is 6.04. The van der Waals surface area contributed by atoms with Gasteiger partial charge >= 0.3 is 0 Å². The zero-order chi connectivity index (χ0) is 17.2. The molecular formula is C17H24FN3O3. The second-order valence-electron chi connectivity index (χ2n) is 5.39. The number of hydrogen-bond acceptors (Lipinski definition) is 5. The van der Waals surface area contributed by atoms with E-state index in [0.29, 0.717) is 18.7 Å². The maximum Gasteiger partial charge on any atom is 0.291 e. The molecule has 132 valence electrons. The highest BCUT2D eigenvalue weighted by Gasteiger charge is 2.11. The minimum atomic E-state index is -0.381. The molecule has 1 aromatic rings. The average Bonchev–Trinajstić information content (AvgIpc) is 2.60. The van der Waals surface area contributed by atoms with E-state index in [1.54, 1.807) is 0 Å². The van der Waals surface area contributed by atoms with Crippen molar-refractivity contribution in [3.63, 3.8) is 0 Å². The van der Waals surface area contributed by atoms with Crippen molar-refractivity contribution >= 4 is 11.9 Å². The summed E-state index contributed by atoms with van der Waals surface area (Å²) in [5.41, 5.74) is 0.358. The van der Waals surface area contributed by atoms with E-state index in [-0.39, 0.29) is 17.7 Å². The van der Waals surface area contributed by atoms with Crippen molar-refractivity contribution in [1.29, 1.82) is 0 Å². The Morgan fingerprint density at radius 2 is 2.04 bits per heavy atom. The van der Waals surface area contributed by atoms with Gasteiger partial charge in [0.15, 0.2) is 0 Å². The van der Waals surface area contributed by atoms with Crippen LogP contribution in [0.1, 0.15) is 23.7 Å². The molecule has 0 spiro atoms. The quantitative estimate of drug-likeness (QED) is 0.487. The largest absolute Gasteiger partial charge is 0.465 e. The topological polar surface area (TPSA) is 63.2 Å². The Kier molecular flexibility index (Phi) is 7.64. The molecule has 1 N–H and O–H groups in total. The molecule has 1 aromatic carbocycles. The molecule has 0 radical (unpaired) electrons. The summed E-state index contributed by atoms with van der Waals surface area (Å²) in [5.74, 6) is -0.747. The van der Waals surface area contributed by atoms with Gasteiger partial charge in [0.2, 0.25) is 0 Å². The first-order valence-electron chi connectivity index (χ1n) is 8.23. The van der Waals surface area contributed by atoms with Crippen LogP contribution in [0, 0.1) is 5.82 Å². The van der Waals surface area contributed by atoms with Gasteiger partial charge in [-0.2, -0.15) is 0 Å². The van der Waals surface area contributed by atoms with Gasteiger partial charge < -0.3 is 9.47 Å². The fraction of sp³-hybridized carbons (Fsp3) is 0.529. The van der Waals surface area contributed by atoms with E-state index in [9.17, 15) is 9.18 Å². The summed E-state index contributed by atoms with van der Waals surface area (Å²) in [6.45, 7) is 7.20. The Labute approximate surface area is 141 Å². The number of nitrogens with one attached hydrogen (secondary N) is 1. The summed E-state index contributed by atoms with van der Waals surface area (Å²) in [5, 5.41) is 2.62. The van der Waals surface area contributed by atoms with Crippen LogP contribution in [0.25, 0.3) is 0 Å². The number of amidine groups is 1. The molecule has 0 aromatic heterocycles. The van der Waals surface area contributed by atoms with Gasteiger partial charge in [-0.05, 0) is 37.6 Å². The third-order valence-electron chi connectivity index (χ3n) is 3.60. The lowest BCUT2D eigenvalue weighted by molar-refractivity contribution is 0.0377. The first kappa shape index (κ1) is 18.4. The zero-order valence-corrected chi connectivity index (χ0v) is 14.0. The van der Waals surface area contributed by atoms with Crippen LogP contribution in [-0.2, 0) is 9.47 Å². The number of amides is 1. The number of hydrogen-bond donors (Lipinski definition) is 1. The lowest BCUT2D eigenvalue weighted by Crippen LogP contribution is -2.37. The fourth-order valence-electron chi connectivity index (χ4n) is 2.33. The predicted octanol–water partition coefficient (Wildman–Crippen LogP) is 1.67. The summed E-state index contributed by atoms with van der Waals surface area (Å²) >= 11 is 0. The number of morpholine rings is 1. The monoisotopic (exact) mass is 337 g/mol. The Bertz CT molecular complexity index is 543. The first-order valence-corrected chi connectivity index (χ1v) is 8.23. The molecule has 1 saturated heterocycles. The summed E-state index contributed by atoms with van der Waals surface area (Å²) < 4.78 is 23.6. The number of carbonyl (C=O) groups excluding carboxylic acids is 1. The maximum atomic E-state index is 12.9. The van der Waals surface area contributed by atoms with Gasteiger partial charge in [-0.3, -0.25) is 15.0 Å². The molecule has 0 bridgehead atoms. The molecule has 7 heteroatoms. The Hall–Kier alpha value is -1.99. The van der Waals surface area contributed by atoms with Crippen LogP contribution >= 0.6 is 0 Å². The zero-order valence-electron chi connectivity index (χ0n) is 14.0. The van der Waals surface area contributed by atoms with Crippen molar-refractivity contribution in [2.24, 2.45) is 4.99 Å². The summed E-state index contributed by atoms with van der Waals surface area (Å²) in [6.07, 6.45) is 0.878. The molecule has 0 saturated carbocycles. The molecule has 1 aliphatic heterocycles. The number of aliphatic imine (C=N–C) groups is 1. The van der Waals surface area contributed by atoms with Crippen molar-refractivity contribution in [3.05, 3.63) is 35.6 Å². The number of halogens is 1. The number of nitrogens with zero attached hydrogens (tertiary/aromatic N) is 2. The van der Waals surface area contributed by atoms with E-state index >= 15 is 0 Å². The van der Waals surface area contributed by atoms with Gasteiger partial charge in [-0.1, -0.05) is 0 Å². The maximum absolute atomic E-state index is 12.9. The summed E-state index contributed by atoms with van der Waals surface area (Å²) in [4.78, 5) is 18.7. The van der Waals surface area contributed by atoms with Crippen LogP contribution in [0.4, 0.5) is 4.39 Å². The molecular weight excluding hydrogens is 313 g/mol. The molecule has 0 atom stereocenters. The molecule has 0 aliphatic carbocycles.